The molecule has 0 fully saturated rings. The number of aliphatic hydroxyl groups excluding tert-OH is 1. The van der Waals surface area contributed by atoms with E-state index in [9.17, 15) is 9.90 Å². The summed E-state index contributed by atoms with van der Waals surface area (Å²) in [5.74, 6) is -0.514. The van der Waals surface area contributed by atoms with Crippen LogP contribution in [0.3, 0.4) is 0 Å². The Labute approximate surface area is 92.5 Å². The van der Waals surface area contributed by atoms with Gasteiger partial charge in [0.25, 0.3) is 0 Å². The van der Waals surface area contributed by atoms with E-state index in [4.69, 9.17) is 14.6 Å². The monoisotopic (exact) mass is 227 g/mol. The number of nitrogens with zero attached hydrogens (tertiary/aromatic N) is 1. The number of aromatic nitrogens is 1. The van der Waals surface area contributed by atoms with Crippen molar-refractivity contribution in [2.45, 2.75) is 12.5 Å². The number of hydrogen-bond acceptors (Lipinski definition) is 5. The van der Waals surface area contributed by atoms with Gasteiger partial charge in [-0.05, 0) is 0 Å². The number of carboxylic acid groups (broad SMARTS) is 1. The van der Waals surface area contributed by atoms with Crippen LogP contribution in [0.15, 0.2) is 12.4 Å². The minimum atomic E-state index is -1.50. The van der Waals surface area contributed by atoms with Crippen LogP contribution in [0.5, 0.6) is 11.5 Å². The topological polar surface area (TPSA) is 88.9 Å². The molecule has 0 radical (unpaired) electrons. The summed E-state index contributed by atoms with van der Waals surface area (Å²) in [5, 5.41) is 17.9. The second kappa shape index (κ2) is 5.32. The van der Waals surface area contributed by atoms with Gasteiger partial charge in [-0.2, -0.15) is 0 Å². The zero-order chi connectivity index (χ0) is 12.1. The Bertz CT molecular complexity index is 357. The first-order valence-electron chi connectivity index (χ1n) is 4.55. The molecule has 0 saturated heterocycles. The molecule has 2 N–H and O–H groups in total. The molecule has 1 rings (SSSR count). The maximum absolute atomic E-state index is 10.6. The van der Waals surface area contributed by atoms with Gasteiger partial charge in [0.05, 0.1) is 26.6 Å². The number of aliphatic hydroxyl groups is 1. The Hall–Kier alpha value is -1.82. The second-order valence-electron chi connectivity index (χ2n) is 3.08. The number of carboxylic acids is 1. The van der Waals surface area contributed by atoms with E-state index in [1.165, 1.54) is 26.6 Å². The minimum absolute atomic E-state index is 0.0931. The lowest BCUT2D eigenvalue weighted by molar-refractivity contribution is -0.146. The molecule has 0 bridgehead atoms. The van der Waals surface area contributed by atoms with E-state index in [1.807, 2.05) is 0 Å². The maximum Gasteiger partial charge on any atom is 0.332 e. The zero-order valence-electron chi connectivity index (χ0n) is 9.01. The molecular weight excluding hydrogens is 214 g/mol. The summed E-state index contributed by atoms with van der Waals surface area (Å²) in [7, 11) is 2.88. The summed E-state index contributed by atoms with van der Waals surface area (Å²) in [6, 6.07) is 0. The van der Waals surface area contributed by atoms with Crippen molar-refractivity contribution in [3.05, 3.63) is 18.0 Å². The Kier molecular flexibility index (Phi) is 4.07. The number of methoxy groups -OCH3 is 2. The van der Waals surface area contributed by atoms with Gasteiger partial charge >= 0.3 is 5.97 Å². The van der Waals surface area contributed by atoms with Crippen LogP contribution in [-0.4, -0.2) is 41.5 Å². The van der Waals surface area contributed by atoms with E-state index in [2.05, 4.69) is 4.98 Å². The Morgan fingerprint density at radius 2 is 1.88 bits per heavy atom. The number of hydrogen-bond donors (Lipinski definition) is 2. The molecule has 88 valence electrons. The number of pyridine rings is 1. The van der Waals surface area contributed by atoms with Crippen LogP contribution in [0.4, 0.5) is 0 Å². The van der Waals surface area contributed by atoms with Crippen molar-refractivity contribution in [1.82, 2.24) is 4.98 Å². The SMILES string of the molecule is COc1cncc(OC)c1CC(O)C(=O)O. The Morgan fingerprint density at radius 1 is 1.38 bits per heavy atom. The van der Waals surface area contributed by atoms with Gasteiger partial charge in [0, 0.05) is 12.0 Å². The average Bonchev–Trinajstić information content (AvgIpc) is 2.29. The highest BCUT2D eigenvalue weighted by atomic mass is 16.5. The number of ether oxygens (including phenoxy) is 2. The number of carbonyl (C=O) groups is 1. The van der Waals surface area contributed by atoms with Crippen LogP contribution in [0.1, 0.15) is 5.56 Å². The van der Waals surface area contributed by atoms with Gasteiger partial charge in [-0.1, -0.05) is 0 Å². The molecule has 0 aliphatic heterocycles. The highest BCUT2D eigenvalue weighted by molar-refractivity contribution is 5.72. The Balaban J connectivity index is 3.04. The van der Waals surface area contributed by atoms with Crippen molar-refractivity contribution >= 4 is 5.97 Å². The fourth-order valence-corrected chi connectivity index (χ4v) is 1.28. The molecule has 1 aromatic heterocycles. The van der Waals surface area contributed by atoms with E-state index < -0.39 is 12.1 Å². The van der Waals surface area contributed by atoms with Gasteiger partial charge in [0.2, 0.25) is 0 Å². The lowest BCUT2D eigenvalue weighted by Gasteiger charge is -2.13. The molecule has 0 saturated carbocycles. The highest BCUT2D eigenvalue weighted by Crippen LogP contribution is 2.27. The van der Waals surface area contributed by atoms with Crippen molar-refractivity contribution in [2.24, 2.45) is 0 Å². The van der Waals surface area contributed by atoms with Crippen LogP contribution >= 0.6 is 0 Å². The van der Waals surface area contributed by atoms with E-state index >= 15 is 0 Å². The van der Waals surface area contributed by atoms with Gasteiger partial charge in [0.1, 0.15) is 11.5 Å². The first-order chi connectivity index (χ1) is 7.60. The van der Waals surface area contributed by atoms with Gasteiger partial charge in [-0.25, -0.2) is 4.79 Å². The van der Waals surface area contributed by atoms with Crippen molar-refractivity contribution in [3.63, 3.8) is 0 Å². The third-order valence-electron chi connectivity index (χ3n) is 2.10. The average molecular weight is 227 g/mol. The molecule has 6 nitrogen and oxygen atoms in total. The summed E-state index contributed by atoms with van der Waals surface area (Å²) in [5.41, 5.74) is 0.481. The van der Waals surface area contributed by atoms with Crippen molar-refractivity contribution in [3.8, 4) is 11.5 Å². The molecule has 0 amide bonds. The fourth-order valence-electron chi connectivity index (χ4n) is 1.28. The molecule has 6 heteroatoms. The summed E-state index contributed by atoms with van der Waals surface area (Å²) in [4.78, 5) is 14.4. The molecule has 0 aliphatic rings. The normalized spacial score (nSPS) is 11.9. The summed E-state index contributed by atoms with van der Waals surface area (Å²) in [6.07, 6.45) is 1.29. The van der Waals surface area contributed by atoms with E-state index in [0.29, 0.717) is 17.1 Å². The summed E-state index contributed by atoms with van der Waals surface area (Å²) in [6.45, 7) is 0. The predicted octanol–water partition coefficient (Wildman–Crippen LogP) is 0.0868. The van der Waals surface area contributed by atoms with Crippen molar-refractivity contribution in [2.75, 3.05) is 14.2 Å². The van der Waals surface area contributed by atoms with E-state index in [-0.39, 0.29) is 6.42 Å². The van der Waals surface area contributed by atoms with Crippen LogP contribution < -0.4 is 9.47 Å². The standard InChI is InChI=1S/C10H13NO5/c1-15-8-4-11-5-9(16-2)6(8)3-7(12)10(13)14/h4-5,7,12H,3H2,1-2H3,(H,13,14). The highest BCUT2D eigenvalue weighted by Gasteiger charge is 2.19. The third kappa shape index (κ3) is 2.60. The van der Waals surface area contributed by atoms with Crippen LogP contribution in [0.25, 0.3) is 0 Å². The van der Waals surface area contributed by atoms with Gasteiger partial charge in [-0.3, -0.25) is 4.98 Å². The summed E-state index contributed by atoms with van der Waals surface area (Å²) >= 11 is 0. The van der Waals surface area contributed by atoms with E-state index in [1.54, 1.807) is 0 Å². The second-order valence-corrected chi connectivity index (χ2v) is 3.08. The summed E-state index contributed by atoms with van der Waals surface area (Å²) < 4.78 is 10.0. The lowest BCUT2D eigenvalue weighted by Crippen LogP contribution is -2.22. The maximum atomic E-state index is 10.6. The molecule has 16 heavy (non-hydrogen) atoms. The quantitative estimate of drug-likeness (QED) is 0.740. The number of rotatable bonds is 5. The van der Waals surface area contributed by atoms with Crippen LogP contribution in [0, 0.1) is 0 Å². The predicted molar refractivity (Wildman–Crippen MR) is 54.7 cm³/mol. The fraction of sp³-hybridized carbons (Fsp3) is 0.400. The molecule has 0 aliphatic carbocycles. The van der Waals surface area contributed by atoms with Gasteiger partial charge in [-0.15, -0.1) is 0 Å². The molecule has 1 unspecified atom stereocenters. The minimum Gasteiger partial charge on any atom is -0.495 e. The van der Waals surface area contributed by atoms with E-state index in [0.717, 1.165) is 0 Å². The van der Waals surface area contributed by atoms with Gasteiger partial charge in [0.15, 0.2) is 6.10 Å². The Morgan fingerprint density at radius 3 is 2.25 bits per heavy atom. The molecule has 1 aromatic rings. The van der Waals surface area contributed by atoms with Crippen LogP contribution in [-0.2, 0) is 11.2 Å². The molecule has 0 spiro atoms. The molecule has 0 aromatic carbocycles. The lowest BCUT2D eigenvalue weighted by atomic mass is 10.1. The number of aliphatic carboxylic acids is 1. The first-order valence-corrected chi connectivity index (χ1v) is 4.55. The molecular formula is C10H13NO5. The largest absolute Gasteiger partial charge is 0.495 e. The third-order valence-corrected chi connectivity index (χ3v) is 2.10. The van der Waals surface area contributed by atoms with Crippen LogP contribution in [0.2, 0.25) is 0 Å². The zero-order valence-corrected chi connectivity index (χ0v) is 9.01. The van der Waals surface area contributed by atoms with Crippen molar-refractivity contribution < 1.29 is 24.5 Å². The van der Waals surface area contributed by atoms with Crippen molar-refractivity contribution in [1.29, 1.82) is 0 Å². The first kappa shape index (κ1) is 12.3. The molecule has 1 atom stereocenters. The smallest absolute Gasteiger partial charge is 0.332 e. The van der Waals surface area contributed by atoms with Gasteiger partial charge < -0.3 is 19.7 Å². The molecule has 1 heterocycles.